The van der Waals surface area contributed by atoms with Crippen LogP contribution in [0.2, 0.25) is 0 Å². The highest BCUT2D eigenvalue weighted by Gasteiger charge is 2.44. The fourth-order valence-corrected chi connectivity index (χ4v) is 3.32. The zero-order valence-electron chi connectivity index (χ0n) is 14.2. The highest BCUT2D eigenvalue weighted by Crippen LogP contribution is 2.25. The Morgan fingerprint density at radius 2 is 2.08 bits per heavy atom. The third-order valence-electron chi connectivity index (χ3n) is 4.53. The number of piperidine rings is 1. The van der Waals surface area contributed by atoms with Crippen molar-refractivity contribution in [2.45, 2.75) is 24.9 Å². The van der Waals surface area contributed by atoms with Crippen LogP contribution in [0.25, 0.3) is 0 Å². The molecule has 2 aromatic rings. The normalized spacial score (nSPS) is 20.8. The molecule has 1 N–H and O–H groups in total. The van der Waals surface area contributed by atoms with Gasteiger partial charge in [-0.15, -0.1) is 0 Å². The Labute approximate surface area is 146 Å². The lowest BCUT2D eigenvalue weighted by Crippen LogP contribution is -2.63. The molecule has 0 aliphatic carbocycles. The molecule has 0 radical (unpaired) electrons. The van der Waals surface area contributed by atoms with Gasteiger partial charge in [0.05, 0.1) is 18.9 Å². The number of methoxy groups -OCH3 is 1. The average molecular weight is 342 g/mol. The van der Waals surface area contributed by atoms with E-state index in [9.17, 15) is 9.59 Å². The summed E-state index contributed by atoms with van der Waals surface area (Å²) >= 11 is 0. The molecule has 1 saturated heterocycles. The zero-order valence-corrected chi connectivity index (χ0v) is 14.2. The summed E-state index contributed by atoms with van der Waals surface area (Å²) in [6.45, 7) is 2.01. The number of nitrogens with zero attached hydrogens (tertiary/aromatic N) is 1. The molecule has 25 heavy (non-hydrogen) atoms. The van der Waals surface area contributed by atoms with E-state index in [0.717, 1.165) is 19.5 Å². The summed E-state index contributed by atoms with van der Waals surface area (Å²) < 4.78 is 9.96. The number of carbonyl (C=O) groups is 2. The van der Waals surface area contributed by atoms with E-state index in [4.69, 9.17) is 9.15 Å². The lowest BCUT2D eigenvalue weighted by Gasteiger charge is -2.41. The van der Waals surface area contributed by atoms with Gasteiger partial charge in [-0.05, 0) is 31.0 Å². The first kappa shape index (κ1) is 17.2. The fraction of sp³-hybridized carbons (Fsp3) is 0.368. The predicted octanol–water partition coefficient (Wildman–Crippen LogP) is 2.22. The molecular weight excluding hydrogens is 320 g/mol. The van der Waals surface area contributed by atoms with E-state index in [0.29, 0.717) is 18.5 Å². The highest BCUT2D eigenvalue weighted by molar-refractivity contribution is 5.98. The van der Waals surface area contributed by atoms with Gasteiger partial charge in [0.15, 0.2) is 5.54 Å². The number of hydrogen-bond donors (Lipinski definition) is 1. The molecule has 1 aromatic heterocycles. The summed E-state index contributed by atoms with van der Waals surface area (Å²) in [6, 6.07) is 11.6. The van der Waals surface area contributed by atoms with Gasteiger partial charge in [-0.3, -0.25) is 9.69 Å². The molecule has 1 amide bonds. The van der Waals surface area contributed by atoms with Crippen molar-refractivity contribution >= 4 is 11.9 Å². The van der Waals surface area contributed by atoms with Gasteiger partial charge in [-0.25, -0.2) is 4.79 Å². The van der Waals surface area contributed by atoms with Crippen LogP contribution < -0.4 is 5.32 Å². The van der Waals surface area contributed by atoms with Crippen LogP contribution in [0, 0.1) is 0 Å². The minimum absolute atomic E-state index is 0.333. The lowest BCUT2D eigenvalue weighted by atomic mass is 9.88. The Bertz CT molecular complexity index is 714. The summed E-state index contributed by atoms with van der Waals surface area (Å²) in [6.07, 6.45) is 4.15. The minimum atomic E-state index is -1.05. The van der Waals surface area contributed by atoms with Gasteiger partial charge < -0.3 is 14.5 Å². The molecule has 6 heteroatoms. The maximum atomic E-state index is 12.5. The van der Waals surface area contributed by atoms with Crippen molar-refractivity contribution in [3.8, 4) is 0 Å². The van der Waals surface area contributed by atoms with Crippen LogP contribution >= 0.6 is 0 Å². The zero-order chi connectivity index (χ0) is 17.7. The molecule has 0 saturated carbocycles. The Balaban J connectivity index is 1.77. The van der Waals surface area contributed by atoms with Gasteiger partial charge in [-0.1, -0.05) is 30.3 Å². The van der Waals surface area contributed by atoms with Gasteiger partial charge in [-0.2, -0.15) is 0 Å². The van der Waals surface area contributed by atoms with E-state index >= 15 is 0 Å². The predicted molar refractivity (Wildman–Crippen MR) is 91.9 cm³/mol. The molecule has 2 heterocycles. The van der Waals surface area contributed by atoms with Crippen molar-refractivity contribution < 1.29 is 18.7 Å². The van der Waals surface area contributed by atoms with Crippen molar-refractivity contribution in [3.05, 3.63) is 60.1 Å². The van der Waals surface area contributed by atoms with Crippen LogP contribution in [0.15, 0.2) is 53.3 Å². The van der Waals surface area contributed by atoms with E-state index in [1.54, 1.807) is 6.07 Å². The molecule has 3 rings (SSSR count). The van der Waals surface area contributed by atoms with Crippen LogP contribution in [0.3, 0.4) is 0 Å². The summed E-state index contributed by atoms with van der Waals surface area (Å²) in [7, 11) is 1.35. The van der Waals surface area contributed by atoms with Gasteiger partial charge in [0.1, 0.15) is 6.26 Å². The second-order valence-electron chi connectivity index (χ2n) is 6.34. The smallest absolute Gasteiger partial charge is 0.332 e. The van der Waals surface area contributed by atoms with Crippen molar-refractivity contribution in [2.75, 3.05) is 20.2 Å². The number of esters is 1. The van der Waals surface area contributed by atoms with Crippen LogP contribution in [0.1, 0.15) is 28.8 Å². The number of carbonyl (C=O) groups excluding carboxylic acids is 2. The Kier molecular flexibility index (Phi) is 5.19. The number of amides is 1. The lowest BCUT2D eigenvalue weighted by molar-refractivity contribution is -0.150. The monoisotopic (exact) mass is 342 g/mol. The summed E-state index contributed by atoms with van der Waals surface area (Å²) in [5.41, 5.74) is 0.517. The topological polar surface area (TPSA) is 71.8 Å². The average Bonchev–Trinajstić information content (AvgIpc) is 3.17. The molecule has 1 aliphatic rings. The third-order valence-corrected chi connectivity index (χ3v) is 4.53. The number of benzene rings is 1. The summed E-state index contributed by atoms with van der Waals surface area (Å²) in [4.78, 5) is 27.1. The van der Waals surface area contributed by atoms with Crippen LogP contribution in [-0.2, 0) is 16.1 Å². The quantitative estimate of drug-likeness (QED) is 0.844. The molecule has 1 atom stereocenters. The largest absolute Gasteiger partial charge is 0.472 e. The first-order chi connectivity index (χ1) is 12.1. The van der Waals surface area contributed by atoms with E-state index in [-0.39, 0.29) is 5.91 Å². The molecule has 1 fully saturated rings. The standard InChI is InChI=1S/C19H22N2O4/c1-24-18(23)19(20-17(22)16-8-11-25-13-16)9-5-10-21(14-19)12-15-6-3-2-4-7-15/h2-4,6-8,11,13H,5,9-10,12,14H2,1H3,(H,20,22)/t19-/m1/s1. The van der Waals surface area contributed by atoms with E-state index < -0.39 is 11.5 Å². The van der Waals surface area contributed by atoms with Gasteiger partial charge in [0.25, 0.3) is 5.91 Å². The van der Waals surface area contributed by atoms with Crippen LogP contribution in [0.4, 0.5) is 0 Å². The second kappa shape index (κ2) is 7.53. The van der Waals surface area contributed by atoms with Crippen LogP contribution in [0.5, 0.6) is 0 Å². The van der Waals surface area contributed by atoms with Gasteiger partial charge in [0.2, 0.25) is 0 Å². The number of furan rings is 1. The molecule has 1 aliphatic heterocycles. The Hall–Kier alpha value is -2.60. The third kappa shape index (κ3) is 3.91. The van der Waals surface area contributed by atoms with Crippen molar-refractivity contribution in [1.82, 2.24) is 10.2 Å². The van der Waals surface area contributed by atoms with Crippen molar-refractivity contribution in [1.29, 1.82) is 0 Å². The first-order valence-electron chi connectivity index (χ1n) is 8.32. The highest BCUT2D eigenvalue weighted by atomic mass is 16.5. The second-order valence-corrected chi connectivity index (χ2v) is 6.34. The fourth-order valence-electron chi connectivity index (χ4n) is 3.32. The number of hydrogen-bond acceptors (Lipinski definition) is 5. The molecule has 132 valence electrons. The maximum Gasteiger partial charge on any atom is 0.332 e. The number of ether oxygens (including phenoxy) is 1. The SMILES string of the molecule is COC(=O)[C@@]1(NC(=O)c2ccoc2)CCCN(Cc2ccccc2)C1. The van der Waals surface area contributed by atoms with E-state index in [1.807, 2.05) is 18.2 Å². The number of rotatable bonds is 5. The number of likely N-dealkylation sites (tertiary alicyclic amines) is 1. The molecule has 0 bridgehead atoms. The molecule has 0 spiro atoms. The maximum absolute atomic E-state index is 12.5. The Morgan fingerprint density at radius 3 is 2.76 bits per heavy atom. The molecule has 6 nitrogen and oxygen atoms in total. The Morgan fingerprint density at radius 1 is 1.28 bits per heavy atom. The molecular formula is C19H22N2O4. The molecule has 0 unspecified atom stereocenters. The van der Waals surface area contributed by atoms with Gasteiger partial charge in [0, 0.05) is 13.1 Å². The summed E-state index contributed by atoms with van der Waals surface area (Å²) in [5, 5.41) is 2.89. The molecule has 1 aromatic carbocycles. The van der Waals surface area contributed by atoms with Gasteiger partial charge >= 0.3 is 5.97 Å². The van der Waals surface area contributed by atoms with E-state index in [2.05, 4.69) is 22.3 Å². The number of nitrogens with one attached hydrogen (secondary N) is 1. The summed E-state index contributed by atoms with van der Waals surface area (Å²) in [5.74, 6) is -0.747. The van der Waals surface area contributed by atoms with Crippen molar-refractivity contribution in [3.63, 3.8) is 0 Å². The first-order valence-corrected chi connectivity index (χ1v) is 8.32. The van der Waals surface area contributed by atoms with Crippen LogP contribution in [-0.4, -0.2) is 42.5 Å². The van der Waals surface area contributed by atoms with Crippen molar-refractivity contribution in [2.24, 2.45) is 0 Å². The van der Waals surface area contributed by atoms with E-state index in [1.165, 1.54) is 25.2 Å². The minimum Gasteiger partial charge on any atom is -0.472 e.